The second-order valence-corrected chi connectivity index (χ2v) is 4.44. The lowest BCUT2D eigenvalue weighted by atomic mass is 9.99. The van der Waals surface area contributed by atoms with Crippen LogP contribution in [0, 0.1) is 18.6 Å². The van der Waals surface area contributed by atoms with Gasteiger partial charge < -0.3 is 15.2 Å². The summed E-state index contributed by atoms with van der Waals surface area (Å²) in [6.45, 7) is 2.63. The van der Waals surface area contributed by atoms with Gasteiger partial charge in [0, 0.05) is 11.6 Å². The number of nitrogens with two attached hydrogens (primary N) is 1. The van der Waals surface area contributed by atoms with E-state index in [0.29, 0.717) is 35.8 Å². The molecule has 2 N–H and O–H groups in total. The summed E-state index contributed by atoms with van der Waals surface area (Å²) in [5, 5.41) is 0. The van der Waals surface area contributed by atoms with Gasteiger partial charge in [0.1, 0.15) is 24.8 Å². The fourth-order valence-corrected chi connectivity index (χ4v) is 2.20. The molecule has 0 radical (unpaired) electrons. The Morgan fingerprint density at radius 2 is 1.57 bits per heavy atom. The molecule has 0 bridgehead atoms. The molecule has 2 aromatic rings. The topological polar surface area (TPSA) is 44.5 Å². The lowest BCUT2D eigenvalue weighted by Crippen LogP contribution is -2.16. The van der Waals surface area contributed by atoms with Crippen LogP contribution in [-0.4, -0.2) is 20.3 Å². The second-order valence-electron chi connectivity index (χ2n) is 4.44. The van der Waals surface area contributed by atoms with Crippen molar-refractivity contribution in [2.75, 3.05) is 20.3 Å². The quantitative estimate of drug-likeness (QED) is 0.877. The molecule has 0 unspecified atom stereocenters. The molecule has 0 aliphatic carbocycles. The first-order valence-electron chi connectivity index (χ1n) is 6.58. The van der Waals surface area contributed by atoms with Crippen LogP contribution in [0.3, 0.4) is 0 Å². The number of fused-ring (bicyclic) bond motifs is 1. The van der Waals surface area contributed by atoms with Gasteiger partial charge in [0.2, 0.25) is 0 Å². The third kappa shape index (κ3) is 3.13. The smallest absolute Gasteiger partial charge is 0.169 e. The Morgan fingerprint density at radius 3 is 2.33 bits per heavy atom. The Bertz CT molecular complexity index is 644. The van der Waals surface area contributed by atoms with Gasteiger partial charge in [-0.3, -0.25) is 0 Å². The highest BCUT2D eigenvalue weighted by atomic mass is 19.1. The average molecular weight is 293 g/mol. The minimum atomic E-state index is -0.428. The molecule has 0 amide bonds. The Balaban J connectivity index is 0.000000774. The molecule has 1 aliphatic heterocycles. The number of hydrogen-bond donors (Lipinski definition) is 1. The van der Waals surface area contributed by atoms with E-state index in [1.54, 1.807) is 6.07 Å². The third-order valence-electron chi connectivity index (χ3n) is 3.10. The first kappa shape index (κ1) is 15.3. The first-order chi connectivity index (χ1) is 10.1. The lowest BCUT2D eigenvalue weighted by molar-refractivity contribution is 0.171. The van der Waals surface area contributed by atoms with E-state index in [4.69, 9.17) is 9.47 Å². The number of hydrogen-bond acceptors (Lipinski definition) is 3. The molecule has 1 aliphatic rings. The molecule has 3 nitrogen and oxygen atoms in total. The van der Waals surface area contributed by atoms with Gasteiger partial charge in [-0.1, -0.05) is 6.07 Å². The van der Waals surface area contributed by atoms with Crippen LogP contribution in [0.1, 0.15) is 5.56 Å². The van der Waals surface area contributed by atoms with Gasteiger partial charge in [-0.25, -0.2) is 8.78 Å². The van der Waals surface area contributed by atoms with Crippen molar-refractivity contribution in [3.05, 3.63) is 47.5 Å². The second kappa shape index (κ2) is 6.54. The summed E-state index contributed by atoms with van der Waals surface area (Å²) in [6.07, 6.45) is 0. The molecule has 3 rings (SSSR count). The minimum Gasteiger partial charge on any atom is -0.486 e. The summed E-state index contributed by atoms with van der Waals surface area (Å²) in [4.78, 5) is 0. The fraction of sp³-hybridized carbons (Fsp3) is 0.250. The van der Waals surface area contributed by atoms with E-state index < -0.39 is 5.82 Å². The van der Waals surface area contributed by atoms with Crippen molar-refractivity contribution in [2.45, 2.75) is 6.92 Å². The van der Waals surface area contributed by atoms with Crippen LogP contribution in [0.4, 0.5) is 8.78 Å². The largest absolute Gasteiger partial charge is 0.486 e. The Morgan fingerprint density at radius 1 is 0.905 bits per heavy atom. The van der Waals surface area contributed by atoms with Gasteiger partial charge in [0.25, 0.3) is 0 Å². The third-order valence-corrected chi connectivity index (χ3v) is 3.10. The van der Waals surface area contributed by atoms with Gasteiger partial charge in [0.15, 0.2) is 11.5 Å². The highest BCUT2D eigenvalue weighted by molar-refractivity contribution is 5.76. The molecule has 0 atom stereocenters. The molecule has 5 heteroatoms. The van der Waals surface area contributed by atoms with Crippen molar-refractivity contribution in [3.63, 3.8) is 0 Å². The fourth-order valence-electron chi connectivity index (χ4n) is 2.20. The SMILES string of the molecule is CN.Cc1ccc(F)cc1-c1cc(F)cc2c1OCCO2. The summed E-state index contributed by atoms with van der Waals surface area (Å²) in [7, 11) is 1.50. The van der Waals surface area contributed by atoms with Crippen molar-refractivity contribution < 1.29 is 18.3 Å². The number of halogens is 2. The van der Waals surface area contributed by atoms with Crippen LogP contribution < -0.4 is 15.2 Å². The molecule has 0 aromatic heterocycles. The minimum absolute atomic E-state index is 0.365. The van der Waals surface area contributed by atoms with E-state index in [0.717, 1.165) is 5.56 Å². The zero-order chi connectivity index (χ0) is 15.4. The van der Waals surface area contributed by atoms with E-state index in [-0.39, 0.29) is 5.82 Å². The van der Waals surface area contributed by atoms with Gasteiger partial charge in [-0.2, -0.15) is 0 Å². The lowest BCUT2D eigenvalue weighted by Gasteiger charge is -2.22. The summed E-state index contributed by atoms with van der Waals surface area (Å²) < 4.78 is 38.0. The zero-order valence-electron chi connectivity index (χ0n) is 12.0. The standard InChI is InChI=1S/C15H12F2O2.CH5N/c1-9-2-3-10(16)6-12(9)13-7-11(17)8-14-15(13)19-5-4-18-14;1-2/h2-3,6-8H,4-5H2,1H3;2H2,1H3. The number of rotatable bonds is 1. The molecule has 0 fully saturated rings. The predicted octanol–water partition coefficient (Wildman–Crippen LogP) is 3.29. The van der Waals surface area contributed by atoms with Crippen LogP contribution in [0.2, 0.25) is 0 Å². The van der Waals surface area contributed by atoms with Gasteiger partial charge in [-0.05, 0) is 43.3 Å². The molecular weight excluding hydrogens is 276 g/mol. The van der Waals surface area contributed by atoms with Gasteiger partial charge in [0.05, 0.1) is 0 Å². The van der Waals surface area contributed by atoms with E-state index >= 15 is 0 Å². The van der Waals surface area contributed by atoms with Gasteiger partial charge >= 0.3 is 0 Å². The first-order valence-corrected chi connectivity index (χ1v) is 6.58. The summed E-state index contributed by atoms with van der Waals surface area (Å²) in [5.74, 6) is 0.0458. The molecule has 0 saturated heterocycles. The predicted molar refractivity (Wildman–Crippen MR) is 77.6 cm³/mol. The molecule has 0 spiro atoms. The van der Waals surface area contributed by atoms with E-state index in [1.807, 2.05) is 6.92 Å². The van der Waals surface area contributed by atoms with Crippen molar-refractivity contribution in [1.29, 1.82) is 0 Å². The average Bonchev–Trinajstić information content (AvgIpc) is 2.51. The van der Waals surface area contributed by atoms with Crippen molar-refractivity contribution in [2.24, 2.45) is 5.73 Å². The highest BCUT2D eigenvalue weighted by Gasteiger charge is 2.20. The molecule has 112 valence electrons. The molecule has 21 heavy (non-hydrogen) atoms. The van der Waals surface area contributed by atoms with E-state index in [1.165, 1.54) is 31.3 Å². The monoisotopic (exact) mass is 293 g/mol. The van der Waals surface area contributed by atoms with Crippen molar-refractivity contribution in [3.8, 4) is 22.6 Å². The highest BCUT2D eigenvalue weighted by Crippen LogP contribution is 2.41. The maximum absolute atomic E-state index is 13.6. The zero-order valence-corrected chi connectivity index (χ0v) is 12.0. The Labute approximate surface area is 122 Å². The molecule has 1 heterocycles. The van der Waals surface area contributed by atoms with E-state index in [2.05, 4.69) is 5.73 Å². The van der Waals surface area contributed by atoms with Crippen LogP contribution in [0.5, 0.6) is 11.5 Å². The summed E-state index contributed by atoms with van der Waals surface area (Å²) >= 11 is 0. The molecular formula is C16H17F2NO2. The number of ether oxygens (including phenoxy) is 2. The van der Waals surface area contributed by atoms with Crippen LogP contribution >= 0.6 is 0 Å². The Kier molecular flexibility index (Phi) is 4.75. The maximum atomic E-state index is 13.6. The van der Waals surface area contributed by atoms with Crippen molar-refractivity contribution >= 4 is 0 Å². The van der Waals surface area contributed by atoms with Crippen LogP contribution in [-0.2, 0) is 0 Å². The normalized spacial score (nSPS) is 12.4. The van der Waals surface area contributed by atoms with Gasteiger partial charge in [-0.15, -0.1) is 0 Å². The maximum Gasteiger partial charge on any atom is 0.169 e. The number of aryl methyl sites for hydroxylation is 1. The molecule has 2 aromatic carbocycles. The van der Waals surface area contributed by atoms with Crippen molar-refractivity contribution in [1.82, 2.24) is 0 Å². The summed E-state index contributed by atoms with van der Waals surface area (Å²) in [5.41, 5.74) is 6.48. The molecule has 0 saturated carbocycles. The summed E-state index contributed by atoms with van der Waals surface area (Å²) in [6, 6.07) is 7.04. The number of benzene rings is 2. The van der Waals surface area contributed by atoms with E-state index in [9.17, 15) is 8.78 Å². The van der Waals surface area contributed by atoms with Crippen LogP contribution in [0.15, 0.2) is 30.3 Å². The van der Waals surface area contributed by atoms with Crippen LogP contribution in [0.25, 0.3) is 11.1 Å². The Hall–Kier alpha value is -2.14.